The summed E-state index contributed by atoms with van der Waals surface area (Å²) in [4.78, 5) is 0. The molecule has 108 valence electrons. The smallest absolute Gasteiger partial charge is 0.148 e. The first kappa shape index (κ1) is 14.4. The first-order chi connectivity index (χ1) is 8.93. The lowest BCUT2D eigenvalue weighted by Gasteiger charge is -2.36. The van der Waals surface area contributed by atoms with Crippen molar-refractivity contribution in [3.8, 4) is 0 Å². The van der Waals surface area contributed by atoms with E-state index in [2.05, 4.69) is 37.9 Å². The zero-order chi connectivity index (χ0) is 14.0. The molecule has 19 heavy (non-hydrogen) atoms. The van der Waals surface area contributed by atoms with Gasteiger partial charge in [0.1, 0.15) is 5.82 Å². The third kappa shape index (κ3) is 3.13. The summed E-state index contributed by atoms with van der Waals surface area (Å²) in [7, 11) is 0. The van der Waals surface area contributed by atoms with E-state index < -0.39 is 0 Å². The summed E-state index contributed by atoms with van der Waals surface area (Å²) in [6.07, 6.45) is 7.41. The van der Waals surface area contributed by atoms with Gasteiger partial charge < -0.3 is 5.73 Å². The maximum absolute atomic E-state index is 5.99. The summed E-state index contributed by atoms with van der Waals surface area (Å²) in [6.45, 7) is 9.31. The van der Waals surface area contributed by atoms with E-state index in [1.54, 1.807) is 0 Å². The summed E-state index contributed by atoms with van der Waals surface area (Å²) < 4.78 is 0. The third-order valence-corrected chi connectivity index (χ3v) is 4.79. The second kappa shape index (κ2) is 5.56. The lowest BCUT2D eigenvalue weighted by atomic mass is 9.69. The van der Waals surface area contributed by atoms with Crippen LogP contribution in [0.5, 0.6) is 0 Å². The van der Waals surface area contributed by atoms with E-state index in [0.717, 1.165) is 24.6 Å². The highest BCUT2D eigenvalue weighted by Gasteiger charge is 2.31. The van der Waals surface area contributed by atoms with Crippen LogP contribution in [0.15, 0.2) is 0 Å². The Morgan fingerprint density at radius 3 is 2.37 bits per heavy atom. The van der Waals surface area contributed by atoms with Crippen LogP contribution < -0.4 is 5.73 Å². The first-order valence-electron chi connectivity index (χ1n) is 7.76. The first-order valence-corrected chi connectivity index (χ1v) is 7.76. The van der Waals surface area contributed by atoms with Crippen LogP contribution in [0.2, 0.25) is 0 Å². The van der Waals surface area contributed by atoms with Gasteiger partial charge in [0.25, 0.3) is 0 Å². The molecule has 0 atom stereocenters. The molecule has 0 unspecified atom stereocenters. The summed E-state index contributed by atoms with van der Waals surface area (Å²) in [6, 6.07) is 0. The van der Waals surface area contributed by atoms with E-state index in [1.165, 1.54) is 36.9 Å². The van der Waals surface area contributed by atoms with Gasteiger partial charge in [-0.15, -0.1) is 0 Å². The Labute approximate surface area is 117 Å². The molecule has 0 amide bonds. The van der Waals surface area contributed by atoms with Crippen molar-refractivity contribution in [3.63, 3.8) is 0 Å². The standard InChI is InChI=1S/C16H29N3/c1-5-6-13-14(18-19-15(13)17)11-7-9-12(10-8-11)16(2,3)4/h11-12H,5-10H2,1-4H3,(H3,17,18,19). The number of nitrogen functional groups attached to an aromatic ring is 1. The second-order valence-electron chi connectivity index (χ2n) is 7.17. The largest absolute Gasteiger partial charge is 0.382 e. The molecule has 1 aromatic heterocycles. The fourth-order valence-corrected chi connectivity index (χ4v) is 3.49. The van der Waals surface area contributed by atoms with Crippen molar-refractivity contribution in [2.45, 2.75) is 72.1 Å². The van der Waals surface area contributed by atoms with Gasteiger partial charge in [0.05, 0.1) is 0 Å². The number of hydrogen-bond donors (Lipinski definition) is 2. The second-order valence-corrected chi connectivity index (χ2v) is 7.17. The van der Waals surface area contributed by atoms with Crippen molar-refractivity contribution in [3.05, 3.63) is 11.3 Å². The zero-order valence-electron chi connectivity index (χ0n) is 12.9. The Morgan fingerprint density at radius 1 is 1.21 bits per heavy atom. The van der Waals surface area contributed by atoms with Gasteiger partial charge in [-0.3, -0.25) is 5.10 Å². The molecule has 1 saturated carbocycles. The number of nitrogens with two attached hydrogens (primary N) is 1. The number of nitrogens with zero attached hydrogens (tertiary/aromatic N) is 1. The molecule has 0 saturated heterocycles. The van der Waals surface area contributed by atoms with Crippen LogP contribution in [0, 0.1) is 11.3 Å². The van der Waals surface area contributed by atoms with Crippen LogP contribution in [-0.4, -0.2) is 10.2 Å². The minimum absolute atomic E-state index is 0.449. The van der Waals surface area contributed by atoms with Gasteiger partial charge in [0.2, 0.25) is 0 Å². The van der Waals surface area contributed by atoms with Crippen LogP contribution in [0.25, 0.3) is 0 Å². The highest BCUT2D eigenvalue weighted by molar-refractivity contribution is 5.43. The van der Waals surface area contributed by atoms with E-state index in [1.807, 2.05) is 0 Å². The van der Waals surface area contributed by atoms with E-state index in [0.29, 0.717) is 11.3 Å². The molecular weight excluding hydrogens is 234 g/mol. The normalized spacial score (nSPS) is 24.6. The van der Waals surface area contributed by atoms with Crippen molar-refractivity contribution in [1.29, 1.82) is 0 Å². The van der Waals surface area contributed by atoms with E-state index in [9.17, 15) is 0 Å². The molecule has 2 rings (SSSR count). The molecule has 3 N–H and O–H groups in total. The van der Waals surface area contributed by atoms with Crippen LogP contribution in [0.1, 0.15) is 77.0 Å². The Balaban J connectivity index is 2.06. The van der Waals surface area contributed by atoms with Crippen LogP contribution in [0.3, 0.4) is 0 Å². The van der Waals surface area contributed by atoms with Gasteiger partial charge in [-0.25, -0.2) is 0 Å². The molecule has 0 spiro atoms. The maximum atomic E-state index is 5.99. The Morgan fingerprint density at radius 2 is 1.84 bits per heavy atom. The van der Waals surface area contributed by atoms with Crippen molar-refractivity contribution < 1.29 is 0 Å². The minimum Gasteiger partial charge on any atom is -0.382 e. The number of H-pyrrole nitrogens is 1. The average molecular weight is 263 g/mol. The quantitative estimate of drug-likeness (QED) is 0.856. The Kier molecular flexibility index (Phi) is 4.22. The molecule has 0 radical (unpaired) electrons. The molecule has 1 aliphatic rings. The average Bonchev–Trinajstić information content (AvgIpc) is 2.71. The molecule has 1 aliphatic carbocycles. The molecule has 0 aromatic carbocycles. The zero-order valence-corrected chi connectivity index (χ0v) is 12.9. The molecule has 1 aromatic rings. The van der Waals surface area contributed by atoms with Gasteiger partial charge in [0, 0.05) is 17.2 Å². The third-order valence-electron chi connectivity index (χ3n) is 4.79. The maximum Gasteiger partial charge on any atom is 0.148 e. The molecule has 1 heterocycles. The van der Waals surface area contributed by atoms with E-state index in [4.69, 9.17) is 5.73 Å². The van der Waals surface area contributed by atoms with Gasteiger partial charge in [-0.2, -0.15) is 5.10 Å². The van der Waals surface area contributed by atoms with Gasteiger partial charge in [-0.05, 0) is 43.4 Å². The van der Waals surface area contributed by atoms with Crippen LogP contribution in [-0.2, 0) is 6.42 Å². The van der Waals surface area contributed by atoms with E-state index in [-0.39, 0.29) is 0 Å². The molecule has 0 bridgehead atoms. The Bertz CT molecular complexity index is 406. The fourth-order valence-electron chi connectivity index (χ4n) is 3.49. The minimum atomic E-state index is 0.449. The molecule has 3 heteroatoms. The number of aromatic amines is 1. The van der Waals surface area contributed by atoms with Crippen molar-refractivity contribution in [2.24, 2.45) is 11.3 Å². The monoisotopic (exact) mass is 263 g/mol. The number of anilines is 1. The van der Waals surface area contributed by atoms with E-state index >= 15 is 0 Å². The predicted molar refractivity (Wildman–Crippen MR) is 81.1 cm³/mol. The van der Waals surface area contributed by atoms with Gasteiger partial charge in [0.15, 0.2) is 0 Å². The summed E-state index contributed by atoms with van der Waals surface area (Å²) >= 11 is 0. The number of nitrogens with one attached hydrogen (secondary N) is 1. The lowest BCUT2D eigenvalue weighted by molar-refractivity contribution is 0.168. The van der Waals surface area contributed by atoms with Crippen LogP contribution in [0.4, 0.5) is 5.82 Å². The predicted octanol–water partition coefficient (Wildman–Crippen LogP) is 4.26. The van der Waals surface area contributed by atoms with Crippen molar-refractivity contribution in [1.82, 2.24) is 10.2 Å². The number of hydrogen-bond acceptors (Lipinski definition) is 2. The lowest BCUT2D eigenvalue weighted by Crippen LogP contribution is -2.25. The van der Waals surface area contributed by atoms with Gasteiger partial charge in [-0.1, -0.05) is 34.1 Å². The summed E-state index contributed by atoms with van der Waals surface area (Å²) in [5.74, 6) is 2.22. The molecule has 3 nitrogen and oxygen atoms in total. The number of aromatic nitrogens is 2. The van der Waals surface area contributed by atoms with Crippen molar-refractivity contribution in [2.75, 3.05) is 5.73 Å². The van der Waals surface area contributed by atoms with Gasteiger partial charge >= 0.3 is 0 Å². The highest BCUT2D eigenvalue weighted by atomic mass is 15.2. The van der Waals surface area contributed by atoms with Crippen molar-refractivity contribution >= 4 is 5.82 Å². The topological polar surface area (TPSA) is 54.7 Å². The fraction of sp³-hybridized carbons (Fsp3) is 0.812. The SMILES string of the molecule is CCCc1c(N)n[nH]c1C1CCC(C(C)(C)C)CC1. The molecule has 1 fully saturated rings. The molecular formula is C16H29N3. The van der Waals surface area contributed by atoms with Crippen LogP contribution >= 0.6 is 0 Å². The summed E-state index contributed by atoms with van der Waals surface area (Å²) in [5.41, 5.74) is 9.04. The number of rotatable bonds is 3. The Hall–Kier alpha value is -0.990. The summed E-state index contributed by atoms with van der Waals surface area (Å²) in [5, 5.41) is 7.44. The highest BCUT2D eigenvalue weighted by Crippen LogP contribution is 2.43. The molecule has 0 aliphatic heterocycles.